The Morgan fingerprint density at radius 1 is 1.26 bits per heavy atom. The number of anilines is 1. The number of aryl methyl sites for hydroxylation is 1. The summed E-state index contributed by atoms with van der Waals surface area (Å²) in [4.78, 5) is 11.7. The van der Waals surface area contributed by atoms with Gasteiger partial charge in [-0.15, -0.1) is 0 Å². The highest BCUT2D eigenvalue weighted by Gasteiger charge is 2.05. The third-order valence-electron chi connectivity index (χ3n) is 2.96. The van der Waals surface area contributed by atoms with Gasteiger partial charge in [0.2, 0.25) is 0 Å². The molecule has 2 rings (SSSR count). The van der Waals surface area contributed by atoms with Gasteiger partial charge in [0.1, 0.15) is 5.75 Å². The molecule has 1 amide bonds. The van der Waals surface area contributed by atoms with Gasteiger partial charge in [-0.05, 0) is 47.1 Å². The van der Waals surface area contributed by atoms with Crippen LogP contribution in [0.1, 0.15) is 11.1 Å². The van der Waals surface area contributed by atoms with Gasteiger partial charge in [0.25, 0.3) is 5.91 Å². The predicted molar refractivity (Wildman–Crippen MR) is 98.9 cm³/mol. The molecular weight excluding hydrogens is 426 g/mol. The number of nitrogens with one attached hydrogen (secondary N) is 2. The molecule has 3 N–H and O–H groups in total. The van der Waals surface area contributed by atoms with Crippen molar-refractivity contribution in [3.8, 4) is 5.75 Å². The second-order valence-electron chi connectivity index (χ2n) is 4.84. The van der Waals surface area contributed by atoms with E-state index in [4.69, 9.17) is 0 Å². The Kier molecular flexibility index (Phi) is 6.18. The Bertz CT molecular complexity index is 731. The van der Waals surface area contributed by atoms with Crippen LogP contribution in [0.4, 0.5) is 5.69 Å². The zero-order valence-electron chi connectivity index (χ0n) is 12.3. The van der Waals surface area contributed by atoms with E-state index in [1.54, 1.807) is 12.1 Å². The first-order chi connectivity index (χ1) is 11.0. The average molecular weight is 441 g/mol. The molecule has 0 aliphatic carbocycles. The summed E-state index contributed by atoms with van der Waals surface area (Å²) in [6.45, 7) is 2.11. The molecule has 0 aliphatic rings. The number of halogens is 2. The molecule has 0 aromatic heterocycles. The fourth-order valence-electron chi connectivity index (χ4n) is 1.75. The van der Waals surface area contributed by atoms with Gasteiger partial charge in [0, 0.05) is 15.7 Å². The largest absolute Gasteiger partial charge is 0.506 e. The molecule has 0 aliphatic heterocycles. The van der Waals surface area contributed by atoms with Crippen molar-refractivity contribution in [2.24, 2.45) is 5.10 Å². The predicted octanol–water partition coefficient (Wildman–Crippen LogP) is 3.79. The van der Waals surface area contributed by atoms with Crippen molar-refractivity contribution >= 4 is 49.7 Å². The molecule has 0 heterocycles. The van der Waals surface area contributed by atoms with Crippen LogP contribution in [0, 0.1) is 6.92 Å². The zero-order valence-corrected chi connectivity index (χ0v) is 15.5. The van der Waals surface area contributed by atoms with Crippen LogP contribution in [0.3, 0.4) is 0 Å². The van der Waals surface area contributed by atoms with Crippen LogP contribution in [-0.2, 0) is 4.79 Å². The summed E-state index contributed by atoms with van der Waals surface area (Å²) in [5, 5.41) is 16.7. The van der Waals surface area contributed by atoms with Crippen molar-refractivity contribution in [3.63, 3.8) is 0 Å². The summed E-state index contributed by atoms with van der Waals surface area (Å²) in [5.41, 5.74) is 4.91. The Morgan fingerprint density at radius 3 is 2.65 bits per heavy atom. The smallest absolute Gasteiger partial charge is 0.259 e. The van der Waals surface area contributed by atoms with Crippen molar-refractivity contribution in [2.45, 2.75) is 6.92 Å². The minimum atomic E-state index is -0.282. The highest BCUT2D eigenvalue weighted by Crippen LogP contribution is 2.30. The number of carbonyl (C=O) groups excluding carboxylic acids is 1. The quantitative estimate of drug-likeness (QED) is 0.489. The van der Waals surface area contributed by atoms with Gasteiger partial charge in [-0.1, -0.05) is 33.6 Å². The van der Waals surface area contributed by atoms with Gasteiger partial charge in [-0.3, -0.25) is 4.79 Å². The minimum absolute atomic E-state index is 0.0592. The normalized spacial score (nSPS) is 10.7. The Balaban J connectivity index is 1.88. The maximum atomic E-state index is 11.7. The number of benzene rings is 2. The minimum Gasteiger partial charge on any atom is -0.506 e. The van der Waals surface area contributed by atoms with Crippen molar-refractivity contribution in [3.05, 3.63) is 56.5 Å². The summed E-state index contributed by atoms with van der Waals surface area (Å²) >= 11 is 6.56. The van der Waals surface area contributed by atoms with Crippen molar-refractivity contribution < 1.29 is 9.90 Å². The molecule has 0 saturated heterocycles. The first-order valence-electron chi connectivity index (χ1n) is 6.76. The summed E-state index contributed by atoms with van der Waals surface area (Å²) < 4.78 is 1.33. The van der Waals surface area contributed by atoms with Crippen LogP contribution in [0.5, 0.6) is 5.75 Å². The lowest BCUT2D eigenvalue weighted by atomic mass is 10.2. The van der Waals surface area contributed by atoms with Crippen LogP contribution < -0.4 is 10.7 Å². The summed E-state index contributed by atoms with van der Waals surface area (Å²) in [7, 11) is 0. The topological polar surface area (TPSA) is 73.7 Å². The lowest BCUT2D eigenvalue weighted by Gasteiger charge is -2.06. The first-order valence-corrected chi connectivity index (χ1v) is 8.35. The zero-order chi connectivity index (χ0) is 16.8. The molecule has 0 atom stereocenters. The molecule has 0 radical (unpaired) electrons. The highest BCUT2D eigenvalue weighted by atomic mass is 79.9. The monoisotopic (exact) mass is 439 g/mol. The van der Waals surface area contributed by atoms with E-state index >= 15 is 0 Å². The van der Waals surface area contributed by atoms with E-state index in [1.807, 2.05) is 31.2 Å². The number of hydrogen-bond acceptors (Lipinski definition) is 4. The highest BCUT2D eigenvalue weighted by molar-refractivity contribution is 9.11. The molecule has 0 saturated carbocycles. The van der Waals surface area contributed by atoms with Crippen LogP contribution in [0.25, 0.3) is 0 Å². The lowest BCUT2D eigenvalue weighted by molar-refractivity contribution is -0.119. The van der Waals surface area contributed by atoms with E-state index in [1.165, 1.54) is 6.21 Å². The number of hydrogen-bond donors (Lipinski definition) is 3. The van der Waals surface area contributed by atoms with E-state index in [2.05, 4.69) is 47.7 Å². The van der Waals surface area contributed by atoms with Crippen LogP contribution in [-0.4, -0.2) is 23.8 Å². The number of phenolic OH excluding ortho intramolecular Hbond substituents is 1. The van der Waals surface area contributed by atoms with Crippen molar-refractivity contribution in [1.82, 2.24) is 5.43 Å². The van der Waals surface area contributed by atoms with Crippen molar-refractivity contribution in [1.29, 1.82) is 0 Å². The van der Waals surface area contributed by atoms with Gasteiger partial charge < -0.3 is 10.4 Å². The lowest BCUT2D eigenvalue weighted by Crippen LogP contribution is -2.25. The molecule has 23 heavy (non-hydrogen) atoms. The molecular formula is C16H15Br2N3O2. The molecule has 5 nitrogen and oxygen atoms in total. The number of nitrogens with zero attached hydrogens (tertiary/aromatic N) is 1. The molecule has 7 heteroatoms. The Labute approximate surface area is 151 Å². The number of rotatable bonds is 5. The van der Waals surface area contributed by atoms with E-state index in [9.17, 15) is 9.90 Å². The van der Waals surface area contributed by atoms with E-state index < -0.39 is 0 Å². The first kappa shape index (κ1) is 17.5. The van der Waals surface area contributed by atoms with Gasteiger partial charge in [0.15, 0.2) is 0 Å². The van der Waals surface area contributed by atoms with Crippen LogP contribution >= 0.6 is 31.9 Å². The molecule has 0 fully saturated rings. The maximum Gasteiger partial charge on any atom is 0.259 e. The Morgan fingerprint density at radius 2 is 1.96 bits per heavy atom. The van der Waals surface area contributed by atoms with E-state index in [-0.39, 0.29) is 18.2 Å². The number of carbonyl (C=O) groups is 1. The fourth-order valence-corrected chi connectivity index (χ4v) is 3.01. The number of hydrazone groups is 1. The summed E-state index contributed by atoms with van der Waals surface area (Å²) in [6, 6.07) is 11.2. The maximum absolute atomic E-state index is 11.7. The van der Waals surface area contributed by atoms with Crippen molar-refractivity contribution in [2.75, 3.05) is 11.9 Å². The summed E-state index contributed by atoms with van der Waals surface area (Å²) in [6.07, 6.45) is 1.38. The number of amides is 1. The van der Waals surface area contributed by atoms with E-state index in [0.29, 0.717) is 10.0 Å². The SMILES string of the molecule is Cc1ccc(NCC(=O)NN=Cc2cc(Br)cc(Br)c2O)cc1. The number of aromatic hydroxyl groups is 1. The van der Waals surface area contributed by atoms with Gasteiger partial charge >= 0.3 is 0 Å². The van der Waals surface area contributed by atoms with Crippen LogP contribution in [0.15, 0.2) is 50.4 Å². The molecule has 120 valence electrons. The number of phenols is 1. The average Bonchev–Trinajstić information content (AvgIpc) is 2.51. The van der Waals surface area contributed by atoms with Crippen LogP contribution in [0.2, 0.25) is 0 Å². The van der Waals surface area contributed by atoms with Gasteiger partial charge in [-0.2, -0.15) is 5.10 Å². The molecule has 2 aromatic carbocycles. The molecule has 0 bridgehead atoms. The van der Waals surface area contributed by atoms with E-state index in [0.717, 1.165) is 15.7 Å². The molecule has 0 unspecified atom stereocenters. The third-order valence-corrected chi connectivity index (χ3v) is 4.02. The second-order valence-corrected chi connectivity index (χ2v) is 6.61. The summed E-state index contributed by atoms with van der Waals surface area (Å²) in [5.74, 6) is -0.223. The Hall–Kier alpha value is -1.86. The van der Waals surface area contributed by atoms with Gasteiger partial charge in [0.05, 0.1) is 17.2 Å². The second kappa shape index (κ2) is 8.12. The van der Waals surface area contributed by atoms with Gasteiger partial charge in [-0.25, -0.2) is 5.43 Å². The molecule has 0 spiro atoms. The standard InChI is InChI=1S/C16H15Br2N3O2/c1-10-2-4-13(5-3-10)19-9-15(22)21-20-8-11-6-12(17)7-14(18)16(11)23/h2-8,19,23H,9H2,1H3,(H,21,22). The molecule has 2 aromatic rings. The third kappa shape index (κ3) is 5.37. The fraction of sp³-hybridized carbons (Fsp3) is 0.125.